The van der Waals surface area contributed by atoms with E-state index in [0.29, 0.717) is 29.8 Å². The van der Waals surface area contributed by atoms with Crippen molar-refractivity contribution in [2.75, 3.05) is 13.7 Å². The average Bonchev–Trinajstić information content (AvgIpc) is 2.67. The highest BCUT2D eigenvalue weighted by Gasteiger charge is 2.20. The fraction of sp³-hybridized carbons (Fsp3) is 0.423. The largest absolute Gasteiger partial charge is 0.493 e. The van der Waals surface area contributed by atoms with Crippen LogP contribution < -0.4 is 14.2 Å². The minimum Gasteiger partial charge on any atom is -0.493 e. The molecule has 0 bridgehead atoms. The van der Waals surface area contributed by atoms with Crippen LogP contribution in [-0.2, 0) is 10.2 Å². The second-order valence-corrected chi connectivity index (χ2v) is 8.95. The summed E-state index contributed by atoms with van der Waals surface area (Å²) in [6.45, 7) is 13.3. The van der Waals surface area contributed by atoms with Gasteiger partial charge in [-0.05, 0) is 54.5 Å². The first-order valence-electron chi connectivity index (χ1n) is 10.4. The molecule has 30 heavy (non-hydrogen) atoms. The maximum atomic E-state index is 12.4. The molecule has 0 amide bonds. The number of carbonyl (C=O) groups excluding carboxylic acids is 1. The summed E-state index contributed by atoms with van der Waals surface area (Å²) in [5.41, 5.74) is 2.86. The van der Waals surface area contributed by atoms with Crippen LogP contribution in [0.25, 0.3) is 6.08 Å². The Morgan fingerprint density at radius 3 is 2.37 bits per heavy atom. The first-order valence-corrected chi connectivity index (χ1v) is 10.4. The van der Waals surface area contributed by atoms with Crippen LogP contribution in [0, 0.1) is 12.8 Å². The summed E-state index contributed by atoms with van der Waals surface area (Å²) >= 11 is 0. The second-order valence-electron chi connectivity index (χ2n) is 8.95. The number of rotatable bonds is 8. The van der Waals surface area contributed by atoms with Gasteiger partial charge in [-0.15, -0.1) is 0 Å². The number of hydrogen-bond acceptors (Lipinski definition) is 4. The van der Waals surface area contributed by atoms with Crippen molar-refractivity contribution in [1.82, 2.24) is 0 Å². The van der Waals surface area contributed by atoms with Crippen molar-refractivity contribution in [1.29, 1.82) is 0 Å². The van der Waals surface area contributed by atoms with E-state index in [1.54, 1.807) is 13.2 Å². The molecular weight excluding hydrogens is 376 g/mol. The van der Waals surface area contributed by atoms with Gasteiger partial charge in [0.15, 0.2) is 11.5 Å². The van der Waals surface area contributed by atoms with Gasteiger partial charge in [0, 0.05) is 11.6 Å². The van der Waals surface area contributed by atoms with E-state index in [1.807, 2.05) is 37.3 Å². The molecule has 4 nitrogen and oxygen atoms in total. The van der Waals surface area contributed by atoms with Crippen LogP contribution >= 0.6 is 0 Å². The minimum atomic E-state index is -0.416. The lowest BCUT2D eigenvalue weighted by Crippen LogP contribution is -2.15. The van der Waals surface area contributed by atoms with Gasteiger partial charge in [0.25, 0.3) is 0 Å². The molecule has 0 saturated carbocycles. The Bertz CT molecular complexity index is 888. The average molecular weight is 411 g/mol. The van der Waals surface area contributed by atoms with Crippen LogP contribution in [0.3, 0.4) is 0 Å². The molecule has 0 aliphatic carbocycles. The minimum absolute atomic E-state index is 0.121. The predicted octanol–water partition coefficient (Wildman–Crippen LogP) is 6.34. The van der Waals surface area contributed by atoms with Crippen LogP contribution in [0.2, 0.25) is 0 Å². The monoisotopic (exact) mass is 410 g/mol. The molecule has 162 valence electrons. The summed E-state index contributed by atoms with van der Waals surface area (Å²) in [7, 11) is 1.61. The van der Waals surface area contributed by atoms with Crippen molar-refractivity contribution in [2.24, 2.45) is 5.92 Å². The molecule has 0 saturated heterocycles. The Balaban J connectivity index is 2.10. The highest BCUT2D eigenvalue weighted by atomic mass is 16.5. The van der Waals surface area contributed by atoms with Gasteiger partial charge in [-0.25, -0.2) is 4.79 Å². The summed E-state index contributed by atoms with van der Waals surface area (Å²) in [6.07, 6.45) is 4.13. The molecule has 0 unspecified atom stereocenters. The van der Waals surface area contributed by atoms with Gasteiger partial charge in [-0.3, -0.25) is 0 Å². The van der Waals surface area contributed by atoms with Gasteiger partial charge < -0.3 is 14.2 Å². The number of hydrogen-bond donors (Lipinski definition) is 0. The third kappa shape index (κ3) is 6.94. The van der Waals surface area contributed by atoms with Gasteiger partial charge in [0.2, 0.25) is 0 Å². The zero-order chi connectivity index (χ0) is 22.3. The fourth-order valence-electron chi connectivity index (χ4n) is 2.94. The molecule has 2 aromatic rings. The number of aryl methyl sites for hydroxylation is 1. The SMILES string of the molecule is COc1cc(/C=C/C(=O)Oc2ccc(C)cc2C(C)(C)C)ccc1OCCC(C)C. The molecule has 0 fully saturated rings. The highest BCUT2D eigenvalue weighted by molar-refractivity contribution is 5.89. The number of benzene rings is 2. The molecule has 2 aromatic carbocycles. The topological polar surface area (TPSA) is 44.8 Å². The Hall–Kier alpha value is -2.75. The van der Waals surface area contributed by atoms with E-state index in [4.69, 9.17) is 14.2 Å². The van der Waals surface area contributed by atoms with Crippen molar-refractivity contribution >= 4 is 12.0 Å². The summed E-state index contributed by atoms with van der Waals surface area (Å²) in [5.74, 6) is 2.10. The normalized spacial score (nSPS) is 11.7. The lowest BCUT2D eigenvalue weighted by Gasteiger charge is -2.22. The molecule has 0 heterocycles. The Labute approximate surface area is 180 Å². The summed E-state index contributed by atoms with van der Waals surface area (Å²) in [6, 6.07) is 11.5. The zero-order valence-corrected chi connectivity index (χ0v) is 19.2. The van der Waals surface area contributed by atoms with Crippen molar-refractivity contribution in [2.45, 2.75) is 53.4 Å². The Kier molecular flexibility index (Phi) is 8.10. The predicted molar refractivity (Wildman–Crippen MR) is 122 cm³/mol. The molecule has 4 heteroatoms. The lowest BCUT2D eigenvalue weighted by atomic mass is 9.85. The van der Waals surface area contributed by atoms with E-state index in [9.17, 15) is 4.79 Å². The number of esters is 1. The van der Waals surface area contributed by atoms with Crippen molar-refractivity contribution < 1.29 is 19.0 Å². The van der Waals surface area contributed by atoms with E-state index < -0.39 is 5.97 Å². The van der Waals surface area contributed by atoms with E-state index in [1.165, 1.54) is 6.08 Å². The van der Waals surface area contributed by atoms with E-state index in [0.717, 1.165) is 23.1 Å². The highest BCUT2D eigenvalue weighted by Crippen LogP contribution is 2.32. The van der Waals surface area contributed by atoms with E-state index in [-0.39, 0.29) is 5.41 Å². The number of ether oxygens (including phenoxy) is 3. The maximum Gasteiger partial charge on any atom is 0.336 e. The third-order valence-corrected chi connectivity index (χ3v) is 4.71. The van der Waals surface area contributed by atoms with E-state index in [2.05, 4.69) is 40.7 Å². The maximum absolute atomic E-state index is 12.4. The third-order valence-electron chi connectivity index (χ3n) is 4.71. The molecule has 0 spiro atoms. The van der Waals surface area contributed by atoms with Crippen LogP contribution in [0.4, 0.5) is 0 Å². The smallest absolute Gasteiger partial charge is 0.336 e. The lowest BCUT2D eigenvalue weighted by molar-refractivity contribution is -0.129. The fourth-order valence-corrected chi connectivity index (χ4v) is 2.94. The van der Waals surface area contributed by atoms with Gasteiger partial charge in [-0.1, -0.05) is 58.4 Å². The molecular formula is C26H34O4. The van der Waals surface area contributed by atoms with Crippen LogP contribution in [0.1, 0.15) is 57.7 Å². The van der Waals surface area contributed by atoms with Crippen LogP contribution in [0.5, 0.6) is 17.2 Å². The number of methoxy groups -OCH3 is 1. The van der Waals surface area contributed by atoms with Crippen molar-refractivity contribution in [3.8, 4) is 17.2 Å². The summed E-state index contributed by atoms with van der Waals surface area (Å²) in [4.78, 5) is 12.4. The first kappa shape index (κ1) is 23.5. The van der Waals surface area contributed by atoms with Crippen LogP contribution in [0.15, 0.2) is 42.5 Å². The van der Waals surface area contributed by atoms with Crippen molar-refractivity contribution in [3.63, 3.8) is 0 Å². The van der Waals surface area contributed by atoms with Gasteiger partial charge in [0.05, 0.1) is 13.7 Å². The second kappa shape index (κ2) is 10.3. The Morgan fingerprint density at radius 2 is 1.73 bits per heavy atom. The summed E-state index contributed by atoms with van der Waals surface area (Å²) < 4.78 is 16.9. The van der Waals surface area contributed by atoms with Gasteiger partial charge in [0.1, 0.15) is 5.75 Å². The molecule has 0 atom stereocenters. The number of carbonyl (C=O) groups is 1. The standard InChI is InChI=1S/C26H34O4/c1-18(2)14-15-29-23-12-9-20(17-24(23)28-7)10-13-25(27)30-22-11-8-19(3)16-21(22)26(4,5)6/h8-13,16-18H,14-15H2,1-7H3/b13-10+. The quantitative estimate of drug-likeness (QED) is 0.289. The molecule has 0 aliphatic rings. The van der Waals surface area contributed by atoms with E-state index >= 15 is 0 Å². The Morgan fingerprint density at radius 1 is 1.03 bits per heavy atom. The van der Waals surface area contributed by atoms with Gasteiger partial charge in [-0.2, -0.15) is 0 Å². The molecule has 0 aliphatic heterocycles. The first-order chi connectivity index (χ1) is 14.1. The van der Waals surface area contributed by atoms with Crippen molar-refractivity contribution in [3.05, 3.63) is 59.2 Å². The molecule has 0 aromatic heterocycles. The van der Waals surface area contributed by atoms with Gasteiger partial charge >= 0.3 is 5.97 Å². The molecule has 0 radical (unpaired) electrons. The summed E-state index contributed by atoms with van der Waals surface area (Å²) in [5, 5.41) is 0. The molecule has 2 rings (SSSR count). The zero-order valence-electron chi connectivity index (χ0n) is 19.2. The van der Waals surface area contributed by atoms with Crippen LogP contribution in [-0.4, -0.2) is 19.7 Å². The molecule has 0 N–H and O–H groups in total.